The van der Waals surface area contributed by atoms with Crippen LogP contribution in [0.25, 0.3) is 11.5 Å². The second kappa shape index (κ2) is 7.87. The Hall–Kier alpha value is -3.75. The van der Waals surface area contributed by atoms with Crippen molar-refractivity contribution < 1.29 is 28.2 Å². The van der Waals surface area contributed by atoms with Crippen molar-refractivity contribution in [2.75, 3.05) is 25.3 Å². The van der Waals surface area contributed by atoms with E-state index in [0.29, 0.717) is 29.4 Å². The van der Waals surface area contributed by atoms with Crippen molar-refractivity contribution in [2.45, 2.75) is 6.92 Å². The van der Waals surface area contributed by atoms with Crippen LogP contribution in [0.1, 0.15) is 6.92 Å². The Bertz CT molecular complexity index is 970. The molecule has 3 aromatic rings. The van der Waals surface area contributed by atoms with Crippen LogP contribution >= 0.6 is 0 Å². The maximum Gasteiger partial charge on any atom is 0.322 e. The lowest BCUT2D eigenvalue weighted by molar-refractivity contribution is -0.118. The lowest BCUT2D eigenvalue weighted by Crippen LogP contribution is -2.20. The summed E-state index contributed by atoms with van der Waals surface area (Å²) in [5.74, 6) is 2.37. The molecule has 0 spiro atoms. The summed E-state index contributed by atoms with van der Waals surface area (Å²) < 4.78 is 26.8. The van der Waals surface area contributed by atoms with Gasteiger partial charge in [0.15, 0.2) is 18.1 Å². The average Bonchev–Trinajstić information content (AvgIpc) is 3.36. The monoisotopic (exact) mass is 383 g/mol. The van der Waals surface area contributed by atoms with Crippen molar-refractivity contribution in [3.8, 4) is 34.5 Å². The molecular weight excluding hydrogens is 366 g/mol. The van der Waals surface area contributed by atoms with Crippen molar-refractivity contribution in [1.29, 1.82) is 0 Å². The fourth-order valence-corrected chi connectivity index (χ4v) is 2.52. The highest BCUT2D eigenvalue weighted by atomic mass is 16.7. The van der Waals surface area contributed by atoms with Gasteiger partial charge in [0, 0.05) is 5.56 Å². The van der Waals surface area contributed by atoms with Crippen LogP contribution in [0.5, 0.6) is 23.0 Å². The molecule has 28 heavy (non-hydrogen) atoms. The van der Waals surface area contributed by atoms with Gasteiger partial charge in [0.1, 0.15) is 11.5 Å². The molecule has 0 radical (unpaired) electrons. The molecule has 0 fully saturated rings. The maximum absolute atomic E-state index is 12.0. The number of nitrogens with one attached hydrogen (secondary N) is 1. The molecule has 2 heterocycles. The standard InChI is InChI=1S/C19H17N3O6/c1-2-24-13-4-6-14(7-5-13)25-10-17(23)20-19-22-21-18(28-19)12-3-8-15-16(9-12)27-11-26-15/h3-9H,2,10-11H2,1H3,(H,20,22,23). The molecule has 1 N–H and O–H groups in total. The van der Waals surface area contributed by atoms with Crippen LogP contribution in [0, 0.1) is 0 Å². The van der Waals surface area contributed by atoms with E-state index in [1.807, 2.05) is 6.92 Å². The number of hydrogen-bond donors (Lipinski definition) is 1. The Morgan fingerprint density at radius 3 is 2.57 bits per heavy atom. The van der Waals surface area contributed by atoms with Crippen LogP contribution in [0.2, 0.25) is 0 Å². The van der Waals surface area contributed by atoms with E-state index in [1.165, 1.54) is 0 Å². The van der Waals surface area contributed by atoms with Gasteiger partial charge in [-0.25, -0.2) is 0 Å². The minimum Gasteiger partial charge on any atom is -0.494 e. The SMILES string of the molecule is CCOc1ccc(OCC(=O)Nc2nnc(-c3ccc4c(c3)OCO4)o2)cc1. The Balaban J connectivity index is 1.32. The van der Waals surface area contributed by atoms with Crippen LogP contribution in [-0.4, -0.2) is 36.1 Å². The predicted octanol–water partition coefficient (Wildman–Crippen LogP) is 2.88. The third-order valence-corrected chi connectivity index (χ3v) is 3.80. The summed E-state index contributed by atoms with van der Waals surface area (Å²) in [5, 5.41) is 10.2. The van der Waals surface area contributed by atoms with E-state index in [2.05, 4.69) is 15.5 Å². The first kappa shape index (κ1) is 17.7. The molecule has 1 amide bonds. The predicted molar refractivity (Wildman–Crippen MR) is 97.6 cm³/mol. The molecule has 9 nitrogen and oxygen atoms in total. The van der Waals surface area contributed by atoms with Crippen LogP contribution < -0.4 is 24.3 Å². The number of carbonyl (C=O) groups is 1. The van der Waals surface area contributed by atoms with E-state index in [-0.39, 0.29) is 25.3 Å². The highest BCUT2D eigenvalue weighted by Crippen LogP contribution is 2.35. The summed E-state index contributed by atoms with van der Waals surface area (Å²) in [5.41, 5.74) is 0.655. The van der Waals surface area contributed by atoms with Gasteiger partial charge in [-0.2, -0.15) is 0 Å². The first-order valence-electron chi connectivity index (χ1n) is 8.60. The van der Waals surface area contributed by atoms with Crippen molar-refractivity contribution in [3.63, 3.8) is 0 Å². The summed E-state index contributed by atoms with van der Waals surface area (Å²) in [6.45, 7) is 2.47. The molecule has 1 aliphatic rings. The number of ether oxygens (including phenoxy) is 4. The van der Waals surface area contributed by atoms with Crippen LogP contribution in [0.4, 0.5) is 6.01 Å². The third kappa shape index (κ3) is 3.98. The Labute approximate surface area is 160 Å². The molecule has 1 aromatic heterocycles. The number of hydrogen-bond acceptors (Lipinski definition) is 8. The lowest BCUT2D eigenvalue weighted by atomic mass is 10.2. The average molecular weight is 383 g/mol. The van der Waals surface area contributed by atoms with E-state index >= 15 is 0 Å². The van der Waals surface area contributed by atoms with Crippen molar-refractivity contribution in [3.05, 3.63) is 42.5 Å². The molecular formula is C19H17N3O6. The second-order valence-corrected chi connectivity index (χ2v) is 5.72. The van der Waals surface area contributed by atoms with Gasteiger partial charge in [-0.15, -0.1) is 5.10 Å². The maximum atomic E-state index is 12.0. The third-order valence-electron chi connectivity index (χ3n) is 3.80. The molecule has 0 bridgehead atoms. The fourth-order valence-electron chi connectivity index (χ4n) is 2.52. The van der Waals surface area contributed by atoms with Crippen LogP contribution in [0.15, 0.2) is 46.9 Å². The van der Waals surface area contributed by atoms with Crippen LogP contribution in [-0.2, 0) is 4.79 Å². The van der Waals surface area contributed by atoms with E-state index in [4.69, 9.17) is 23.4 Å². The first-order valence-corrected chi connectivity index (χ1v) is 8.60. The normalized spacial score (nSPS) is 11.9. The minimum atomic E-state index is -0.422. The van der Waals surface area contributed by atoms with Crippen molar-refractivity contribution in [2.24, 2.45) is 0 Å². The summed E-state index contributed by atoms with van der Waals surface area (Å²) >= 11 is 0. The number of fused-ring (bicyclic) bond motifs is 1. The Morgan fingerprint density at radius 1 is 1.04 bits per heavy atom. The van der Waals surface area contributed by atoms with E-state index in [9.17, 15) is 4.79 Å². The summed E-state index contributed by atoms with van der Waals surface area (Å²) in [6, 6.07) is 12.2. The van der Waals surface area contributed by atoms with Gasteiger partial charge >= 0.3 is 6.01 Å². The topological polar surface area (TPSA) is 105 Å². The summed E-state index contributed by atoms with van der Waals surface area (Å²) in [4.78, 5) is 12.0. The van der Waals surface area contributed by atoms with Crippen molar-refractivity contribution >= 4 is 11.9 Å². The van der Waals surface area contributed by atoms with Gasteiger partial charge < -0.3 is 23.4 Å². The summed E-state index contributed by atoms with van der Waals surface area (Å²) in [7, 11) is 0. The Kier molecular flexibility index (Phi) is 4.96. The van der Waals surface area contributed by atoms with Gasteiger partial charge in [-0.1, -0.05) is 5.10 Å². The minimum absolute atomic E-state index is 0.0204. The number of nitrogens with zero attached hydrogens (tertiary/aromatic N) is 2. The lowest BCUT2D eigenvalue weighted by Gasteiger charge is -2.07. The molecule has 0 aliphatic carbocycles. The van der Waals surface area contributed by atoms with Gasteiger partial charge in [0.25, 0.3) is 5.91 Å². The first-order chi connectivity index (χ1) is 13.7. The van der Waals surface area contributed by atoms with Gasteiger partial charge in [0.2, 0.25) is 12.7 Å². The number of carbonyl (C=O) groups excluding carboxylic acids is 1. The molecule has 4 rings (SSSR count). The molecule has 0 saturated heterocycles. The van der Waals surface area contributed by atoms with Crippen molar-refractivity contribution in [1.82, 2.24) is 10.2 Å². The summed E-state index contributed by atoms with van der Waals surface area (Å²) in [6.07, 6.45) is 0. The van der Waals surface area contributed by atoms with E-state index in [0.717, 1.165) is 5.75 Å². The molecule has 0 unspecified atom stereocenters. The van der Waals surface area contributed by atoms with E-state index < -0.39 is 5.91 Å². The molecule has 2 aromatic carbocycles. The second-order valence-electron chi connectivity index (χ2n) is 5.72. The van der Waals surface area contributed by atoms with Gasteiger partial charge in [-0.05, 0) is 49.4 Å². The van der Waals surface area contributed by atoms with E-state index in [1.54, 1.807) is 42.5 Å². The number of rotatable bonds is 7. The quantitative estimate of drug-likeness (QED) is 0.664. The number of anilines is 1. The smallest absolute Gasteiger partial charge is 0.322 e. The highest BCUT2D eigenvalue weighted by molar-refractivity contribution is 5.89. The van der Waals surface area contributed by atoms with Gasteiger partial charge in [0.05, 0.1) is 6.61 Å². The molecule has 144 valence electrons. The van der Waals surface area contributed by atoms with Gasteiger partial charge in [-0.3, -0.25) is 10.1 Å². The zero-order valence-electron chi connectivity index (χ0n) is 15.0. The molecule has 1 aliphatic heterocycles. The number of amides is 1. The highest BCUT2D eigenvalue weighted by Gasteiger charge is 2.17. The fraction of sp³-hybridized carbons (Fsp3) is 0.211. The zero-order chi connectivity index (χ0) is 19.3. The number of aromatic nitrogens is 2. The largest absolute Gasteiger partial charge is 0.494 e. The Morgan fingerprint density at radius 2 is 1.79 bits per heavy atom. The molecule has 0 saturated carbocycles. The number of benzene rings is 2. The van der Waals surface area contributed by atoms with Crippen LogP contribution in [0.3, 0.4) is 0 Å². The zero-order valence-corrected chi connectivity index (χ0v) is 15.0. The molecule has 0 atom stereocenters. The molecule has 9 heteroatoms.